The molecular formula is C13H14N4O5S. The second kappa shape index (κ2) is 6.57. The fourth-order valence-electron chi connectivity index (χ4n) is 1.75. The number of nitrogens with zero attached hydrogens (tertiary/aromatic N) is 4. The maximum absolute atomic E-state index is 12.0. The molecule has 0 aliphatic carbocycles. The molecule has 1 N–H and O–H groups in total. The molecule has 0 saturated carbocycles. The summed E-state index contributed by atoms with van der Waals surface area (Å²) in [5.41, 5.74) is -0.939. The molecule has 23 heavy (non-hydrogen) atoms. The number of carbonyl (C=O) groups is 1. The third-order valence-electron chi connectivity index (χ3n) is 3.06. The van der Waals surface area contributed by atoms with Crippen LogP contribution in [0.2, 0.25) is 0 Å². The molecule has 0 fully saturated rings. The summed E-state index contributed by atoms with van der Waals surface area (Å²) in [7, 11) is 3.93. The van der Waals surface area contributed by atoms with E-state index >= 15 is 0 Å². The van der Waals surface area contributed by atoms with E-state index in [0.717, 1.165) is 15.3 Å². The molecule has 0 aromatic carbocycles. The number of carbonyl (C=O) groups excluding carboxylic acids is 1. The summed E-state index contributed by atoms with van der Waals surface area (Å²) in [5.74, 6) is -0.899. The molecule has 2 aromatic heterocycles. The Labute approximate surface area is 134 Å². The number of aromatic nitrogens is 3. The van der Waals surface area contributed by atoms with Crippen LogP contribution in [-0.4, -0.2) is 38.5 Å². The third-order valence-corrected chi connectivity index (χ3v) is 3.86. The summed E-state index contributed by atoms with van der Waals surface area (Å²) < 4.78 is 6.34. The normalized spacial score (nSPS) is 11.1. The zero-order chi connectivity index (χ0) is 17.1. The molecule has 2 aromatic rings. The minimum Gasteiger partial charge on any atom is -0.494 e. The standard InChI is InChI=1S/C13H14N4O5S/c1-16-10(19)8(11(20)17(2)13(16)21)5-14-12-15-7(6-23-12)4-9(18)22-3/h5-6,19H,4H2,1-3H3/b14-5+. The fraction of sp³-hybridized carbons (Fsp3) is 0.308. The first-order chi connectivity index (χ1) is 10.8. The van der Waals surface area contributed by atoms with Crippen molar-refractivity contribution in [1.82, 2.24) is 14.1 Å². The van der Waals surface area contributed by atoms with Crippen molar-refractivity contribution in [3.63, 3.8) is 0 Å². The van der Waals surface area contributed by atoms with Crippen LogP contribution in [0.4, 0.5) is 5.13 Å². The Balaban J connectivity index is 2.33. The van der Waals surface area contributed by atoms with Gasteiger partial charge in [0.25, 0.3) is 5.56 Å². The van der Waals surface area contributed by atoms with Gasteiger partial charge in [0.05, 0.1) is 19.2 Å². The number of ether oxygens (including phenoxy) is 1. The molecule has 122 valence electrons. The Kier molecular flexibility index (Phi) is 4.74. The highest BCUT2D eigenvalue weighted by Gasteiger charge is 2.13. The molecule has 0 radical (unpaired) electrons. The summed E-state index contributed by atoms with van der Waals surface area (Å²) in [6.45, 7) is 0. The molecule has 9 nitrogen and oxygen atoms in total. The molecule has 0 aliphatic heterocycles. The van der Waals surface area contributed by atoms with Crippen molar-refractivity contribution < 1.29 is 14.6 Å². The van der Waals surface area contributed by atoms with E-state index < -0.39 is 23.1 Å². The highest BCUT2D eigenvalue weighted by Crippen LogP contribution is 2.19. The lowest BCUT2D eigenvalue weighted by molar-refractivity contribution is -0.139. The van der Waals surface area contributed by atoms with Gasteiger partial charge in [0.2, 0.25) is 11.0 Å². The van der Waals surface area contributed by atoms with E-state index in [0.29, 0.717) is 10.8 Å². The Morgan fingerprint density at radius 3 is 2.78 bits per heavy atom. The number of hydrogen-bond donors (Lipinski definition) is 1. The summed E-state index contributed by atoms with van der Waals surface area (Å²) in [6, 6.07) is 0. The van der Waals surface area contributed by atoms with Gasteiger partial charge in [-0.1, -0.05) is 0 Å². The Hall–Kier alpha value is -2.75. The van der Waals surface area contributed by atoms with E-state index in [-0.39, 0.29) is 12.0 Å². The minimum absolute atomic E-state index is 0.0232. The van der Waals surface area contributed by atoms with E-state index in [2.05, 4.69) is 14.7 Å². The van der Waals surface area contributed by atoms with Crippen LogP contribution in [0.15, 0.2) is 20.0 Å². The smallest absolute Gasteiger partial charge is 0.333 e. The number of esters is 1. The summed E-state index contributed by atoms with van der Waals surface area (Å²) in [4.78, 5) is 42.9. The van der Waals surface area contributed by atoms with Gasteiger partial charge in [-0.2, -0.15) is 0 Å². The molecular weight excluding hydrogens is 324 g/mol. The van der Waals surface area contributed by atoms with Crippen LogP contribution < -0.4 is 11.2 Å². The zero-order valence-corrected chi connectivity index (χ0v) is 13.5. The van der Waals surface area contributed by atoms with E-state index in [1.807, 2.05) is 0 Å². The topological polar surface area (TPSA) is 116 Å². The predicted molar refractivity (Wildman–Crippen MR) is 83.7 cm³/mol. The lowest BCUT2D eigenvalue weighted by Crippen LogP contribution is -2.38. The molecule has 0 aliphatic rings. The SMILES string of the molecule is COC(=O)Cc1csc(/N=C/c2c(O)n(C)c(=O)n(C)c2=O)n1. The van der Waals surface area contributed by atoms with Crippen LogP contribution >= 0.6 is 11.3 Å². The van der Waals surface area contributed by atoms with Gasteiger partial charge in [-0.05, 0) is 0 Å². The quantitative estimate of drug-likeness (QED) is 0.605. The molecule has 0 bridgehead atoms. The van der Waals surface area contributed by atoms with E-state index in [1.54, 1.807) is 5.38 Å². The predicted octanol–water partition coefficient (Wildman–Crippen LogP) is -0.288. The van der Waals surface area contributed by atoms with Gasteiger partial charge in [0, 0.05) is 25.7 Å². The van der Waals surface area contributed by atoms with Crippen LogP contribution in [0.5, 0.6) is 5.88 Å². The van der Waals surface area contributed by atoms with Crippen LogP contribution in [0.1, 0.15) is 11.3 Å². The van der Waals surface area contributed by atoms with Gasteiger partial charge in [-0.15, -0.1) is 11.3 Å². The van der Waals surface area contributed by atoms with Crippen molar-refractivity contribution >= 4 is 28.7 Å². The van der Waals surface area contributed by atoms with Crippen LogP contribution in [-0.2, 0) is 30.0 Å². The summed E-state index contributed by atoms with van der Waals surface area (Å²) >= 11 is 1.17. The largest absolute Gasteiger partial charge is 0.494 e. The molecule has 0 unspecified atom stereocenters. The molecule has 2 rings (SSSR count). The molecule has 2 heterocycles. The third kappa shape index (κ3) is 3.37. The number of methoxy groups -OCH3 is 1. The highest BCUT2D eigenvalue weighted by atomic mass is 32.1. The summed E-state index contributed by atoms with van der Waals surface area (Å²) in [6.07, 6.45) is 1.16. The Bertz CT molecular complexity index is 893. The van der Waals surface area contributed by atoms with Crippen molar-refractivity contribution in [2.75, 3.05) is 7.11 Å². The summed E-state index contributed by atoms with van der Waals surface area (Å²) in [5, 5.41) is 11.8. The Morgan fingerprint density at radius 1 is 1.43 bits per heavy atom. The first-order valence-electron chi connectivity index (χ1n) is 6.39. The van der Waals surface area contributed by atoms with Gasteiger partial charge in [-0.3, -0.25) is 18.7 Å². The van der Waals surface area contributed by atoms with Gasteiger partial charge in [0.15, 0.2) is 0 Å². The number of hydrogen-bond acceptors (Lipinski definition) is 8. The van der Waals surface area contributed by atoms with E-state index in [9.17, 15) is 19.5 Å². The second-order valence-electron chi connectivity index (χ2n) is 4.58. The maximum Gasteiger partial charge on any atom is 0.333 e. The van der Waals surface area contributed by atoms with Crippen LogP contribution in [0.25, 0.3) is 0 Å². The monoisotopic (exact) mass is 338 g/mol. The maximum atomic E-state index is 12.0. The van der Waals surface area contributed by atoms with Gasteiger partial charge >= 0.3 is 11.7 Å². The second-order valence-corrected chi connectivity index (χ2v) is 5.41. The van der Waals surface area contributed by atoms with Gasteiger partial charge in [0.1, 0.15) is 5.56 Å². The number of thiazole rings is 1. The van der Waals surface area contributed by atoms with Crippen LogP contribution in [0.3, 0.4) is 0 Å². The van der Waals surface area contributed by atoms with E-state index in [4.69, 9.17) is 0 Å². The molecule has 0 spiro atoms. The Morgan fingerprint density at radius 2 is 2.13 bits per heavy atom. The lowest BCUT2D eigenvalue weighted by atomic mass is 10.3. The zero-order valence-electron chi connectivity index (χ0n) is 12.6. The molecule has 0 atom stereocenters. The van der Waals surface area contributed by atoms with Crippen molar-refractivity contribution in [1.29, 1.82) is 0 Å². The van der Waals surface area contributed by atoms with Crippen molar-refractivity contribution in [2.24, 2.45) is 19.1 Å². The first kappa shape index (κ1) is 16.6. The first-order valence-corrected chi connectivity index (χ1v) is 7.27. The molecule has 0 saturated heterocycles. The molecule has 0 amide bonds. The van der Waals surface area contributed by atoms with Crippen molar-refractivity contribution in [3.8, 4) is 5.88 Å². The fourth-order valence-corrected chi connectivity index (χ4v) is 2.41. The highest BCUT2D eigenvalue weighted by molar-refractivity contribution is 7.13. The van der Waals surface area contributed by atoms with Crippen molar-refractivity contribution in [2.45, 2.75) is 6.42 Å². The average molecular weight is 338 g/mol. The van der Waals surface area contributed by atoms with Crippen LogP contribution in [0, 0.1) is 0 Å². The van der Waals surface area contributed by atoms with Gasteiger partial charge in [-0.25, -0.2) is 14.8 Å². The minimum atomic E-state index is -0.666. The van der Waals surface area contributed by atoms with Gasteiger partial charge < -0.3 is 9.84 Å². The van der Waals surface area contributed by atoms with Crippen molar-refractivity contribution in [3.05, 3.63) is 37.5 Å². The molecule has 10 heteroatoms. The number of rotatable bonds is 4. The van der Waals surface area contributed by atoms with E-state index in [1.165, 1.54) is 32.5 Å². The average Bonchev–Trinajstić information content (AvgIpc) is 2.98. The number of aliphatic imine (C=N–C) groups is 1. The number of aromatic hydroxyl groups is 1. The lowest BCUT2D eigenvalue weighted by Gasteiger charge is -2.06.